The third-order valence-electron chi connectivity index (χ3n) is 4.65. The molecule has 26 heavy (non-hydrogen) atoms. The summed E-state index contributed by atoms with van der Waals surface area (Å²) in [6.45, 7) is 10.3. The van der Waals surface area contributed by atoms with E-state index in [1.165, 1.54) is 28.5 Å². The second-order valence-corrected chi connectivity index (χ2v) is 7.81. The fraction of sp³-hybridized carbons (Fsp3) is 0.273. The van der Waals surface area contributed by atoms with Crippen molar-refractivity contribution in [1.82, 2.24) is 4.98 Å². The van der Waals surface area contributed by atoms with Crippen LogP contribution < -0.4 is 5.32 Å². The topological polar surface area (TPSA) is 42.0 Å². The summed E-state index contributed by atoms with van der Waals surface area (Å²) in [5, 5.41) is 5.06. The second kappa shape index (κ2) is 7.50. The van der Waals surface area contributed by atoms with E-state index in [-0.39, 0.29) is 5.91 Å². The average Bonchev–Trinajstić information content (AvgIpc) is 2.59. The number of amides is 1. The molecule has 0 aliphatic rings. The van der Waals surface area contributed by atoms with Crippen LogP contribution in [0.1, 0.15) is 27.8 Å². The summed E-state index contributed by atoms with van der Waals surface area (Å²) in [5.41, 5.74) is 7.70. The Labute approximate surface area is 159 Å². The van der Waals surface area contributed by atoms with Gasteiger partial charge in [0.15, 0.2) is 0 Å². The van der Waals surface area contributed by atoms with Crippen LogP contribution in [0.15, 0.2) is 41.4 Å². The van der Waals surface area contributed by atoms with E-state index < -0.39 is 0 Å². The van der Waals surface area contributed by atoms with Crippen molar-refractivity contribution in [2.75, 3.05) is 11.1 Å². The maximum atomic E-state index is 12.4. The first-order chi connectivity index (χ1) is 12.3. The number of aromatic nitrogens is 1. The molecule has 0 fully saturated rings. The van der Waals surface area contributed by atoms with E-state index in [0.29, 0.717) is 5.75 Å². The molecule has 0 unspecified atom stereocenters. The highest BCUT2D eigenvalue weighted by molar-refractivity contribution is 8.00. The van der Waals surface area contributed by atoms with Crippen LogP contribution in [-0.2, 0) is 4.79 Å². The van der Waals surface area contributed by atoms with Gasteiger partial charge in [-0.05, 0) is 69.0 Å². The molecule has 2 aromatic carbocycles. The molecule has 0 saturated carbocycles. The first-order valence-electron chi connectivity index (χ1n) is 8.72. The number of anilines is 1. The minimum absolute atomic E-state index is 0.00999. The monoisotopic (exact) mass is 364 g/mol. The number of benzene rings is 2. The molecule has 0 atom stereocenters. The lowest BCUT2D eigenvalue weighted by Crippen LogP contribution is -2.15. The van der Waals surface area contributed by atoms with Gasteiger partial charge in [0.25, 0.3) is 0 Å². The number of hydrogen-bond donors (Lipinski definition) is 1. The molecule has 0 aliphatic heterocycles. The highest BCUT2D eigenvalue weighted by atomic mass is 32.2. The largest absolute Gasteiger partial charge is 0.325 e. The number of hydrogen-bond acceptors (Lipinski definition) is 3. The first-order valence-corrected chi connectivity index (χ1v) is 9.71. The van der Waals surface area contributed by atoms with Crippen molar-refractivity contribution in [3.05, 3.63) is 64.2 Å². The predicted octanol–water partition coefficient (Wildman–Crippen LogP) is 5.51. The highest BCUT2D eigenvalue weighted by Crippen LogP contribution is 2.27. The third kappa shape index (κ3) is 3.91. The Morgan fingerprint density at radius 2 is 1.73 bits per heavy atom. The summed E-state index contributed by atoms with van der Waals surface area (Å²) >= 11 is 1.49. The number of rotatable bonds is 4. The molecule has 4 heteroatoms. The van der Waals surface area contributed by atoms with Gasteiger partial charge in [0.1, 0.15) is 5.03 Å². The van der Waals surface area contributed by atoms with Crippen molar-refractivity contribution in [1.29, 1.82) is 0 Å². The van der Waals surface area contributed by atoms with E-state index >= 15 is 0 Å². The third-order valence-corrected chi connectivity index (χ3v) is 5.74. The van der Waals surface area contributed by atoms with Crippen molar-refractivity contribution < 1.29 is 4.79 Å². The van der Waals surface area contributed by atoms with E-state index in [4.69, 9.17) is 4.98 Å². The minimum atomic E-state index is -0.00999. The van der Waals surface area contributed by atoms with E-state index in [9.17, 15) is 4.79 Å². The highest BCUT2D eigenvalue weighted by Gasteiger charge is 2.11. The molecule has 0 aliphatic carbocycles. The lowest BCUT2D eigenvalue weighted by Gasteiger charge is -2.11. The van der Waals surface area contributed by atoms with Gasteiger partial charge >= 0.3 is 0 Å². The zero-order valence-corrected chi connectivity index (χ0v) is 16.8. The summed E-state index contributed by atoms with van der Waals surface area (Å²) in [6, 6.07) is 12.4. The van der Waals surface area contributed by atoms with Crippen LogP contribution in [0.5, 0.6) is 0 Å². The van der Waals surface area contributed by atoms with E-state index in [1.54, 1.807) is 0 Å². The first kappa shape index (κ1) is 18.5. The lowest BCUT2D eigenvalue weighted by molar-refractivity contribution is -0.113. The number of thioether (sulfide) groups is 1. The summed E-state index contributed by atoms with van der Waals surface area (Å²) < 4.78 is 0. The van der Waals surface area contributed by atoms with Crippen molar-refractivity contribution in [3.63, 3.8) is 0 Å². The van der Waals surface area contributed by atoms with Crippen LogP contribution in [0.25, 0.3) is 10.9 Å². The van der Waals surface area contributed by atoms with Gasteiger partial charge in [-0.3, -0.25) is 4.79 Å². The van der Waals surface area contributed by atoms with Crippen LogP contribution >= 0.6 is 11.8 Å². The molecule has 3 nitrogen and oxygen atoms in total. The zero-order valence-electron chi connectivity index (χ0n) is 15.9. The van der Waals surface area contributed by atoms with Crippen LogP contribution in [0.2, 0.25) is 0 Å². The molecule has 0 spiro atoms. The van der Waals surface area contributed by atoms with Crippen LogP contribution in [0.3, 0.4) is 0 Å². The summed E-state index contributed by atoms with van der Waals surface area (Å²) in [6.07, 6.45) is 0. The average molecular weight is 365 g/mol. The number of pyridine rings is 1. The molecule has 134 valence electrons. The van der Waals surface area contributed by atoms with E-state index in [2.05, 4.69) is 43.4 Å². The number of nitrogens with one attached hydrogen (secondary N) is 1. The van der Waals surface area contributed by atoms with Gasteiger partial charge in [-0.2, -0.15) is 0 Å². The maximum Gasteiger partial charge on any atom is 0.234 e. The quantitative estimate of drug-likeness (QED) is 0.621. The molecular weight excluding hydrogens is 340 g/mol. The molecule has 3 aromatic rings. The number of carbonyl (C=O) groups excluding carboxylic acids is 1. The summed E-state index contributed by atoms with van der Waals surface area (Å²) in [4.78, 5) is 17.2. The van der Waals surface area contributed by atoms with Gasteiger partial charge in [-0.1, -0.05) is 41.6 Å². The fourth-order valence-electron chi connectivity index (χ4n) is 2.99. The second-order valence-electron chi connectivity index (χ2n) is 6.84. The van der Waals surface area contributed by atoms with Gasteiger partial charge in [-0.25, -0.2) is 4.98 Å². The summed E-state index contributed by atoms with van der Waals surface area (Å²) in [7, 11) is 0. The van der Waals surface area contributed by atoms with E-state index in [0.717, 1.165) is 32.7 Å². The van der Waals surface area contributed by atoms with Gasteiger partial charge in [-0.15, -0.1) is 0 Å². The van der Waals surface area contributed by atoms with E-state index in [1.807, 2.05) is 32.9 Å². The Bertz CT molecular complexity index is 995. The zero-order chi connectivity index (χ0) is 18.8. The van der Waals surface area contributed by atoms with Crippen LogP contribution in [-0.4, -0.2) is 16.6 Å². The van der Waals surface area contributed by atoms with Crippen molar-refractivity contribution in [2.24, 2.45) is 0 Å². The fourth-order valence-corrected chi connectivity index (χ4v) is 3.77. The molecule has 1 amide bonds. The Morgan fingerprint density at radius 1 is 0.962 bits per heavy atom. The Balaban J connectivity index is 1.75. The molecule has 0 radical (unpaired) electrons. The molecule has 0 bridgehead atoms. The molecule has 1 aromatic heterocycles. The minimum Gasteiger partial charge on any atom is -0.325 e. The van der Waals surface area contributed by atoms with Gasteiger partial charge in [0.05, 0.1) is 11.3 Å². The SMILES string of the molecule is Cc1ccc(NC(=O)CSc2nc3c(C)c(C)ccc3cc2C)c(C)c1. The number of nitrogens with zero attached hydrogens (tertiary/aromatic N) is 1. The summed E-state index contributed by atoms with van der Waals surface area (Å²) in [5.74, 6) is 0.335. The molecule has 3 rings (SSSR count). The smallest absolute Gasteiger partial charge is 0.234 e. The number of aryl methyl sites for hydroxylation is 5. The molecule has 0 saturated heterocycles. The lowest BCUT2D eigenvalue weighted by atomic mass is 10.0. The Hall–Kier alpha value is -2.33. The molecular formula is C22H24N2OS. The maximum absolute atomic E-state index is 12.4. The Kier molecular flexibility index (Phi) is 5.33. The van der Waals surface area contributed by atoms with Crippen molar-refractivity contribution in [3.8, 4) is 0 Å². The Morgan fingerprint density at radius 3 is 2.46 bits per heavy atom. The molecule has 1 heterocycles. The molecule has 1 N–H and O–H groups in total. The van der Waals surface area contributed by atoms with Gasteiger partial charge < -0.3 is 5.32 Å². The van der Waals surface area contributed by atoms with Crippen molar-refractivity contribution in [2.45, 2.75) is 39.6 Å². The van der Waals surface area contributed by atoms with Gasteiger partial charge in [0, 0.05) is 11.1 Å². The normalized spacial score (nSPS) is 11.0. The standard InChI is InChI=1S/C22H24N2OS/c1-13-6-9-19(15(3)10-13)23-20(25)12-26-22-16(4)11-18-8-7-14(2)17(5)21(18)24-22/h6-11H,12H2,1-5H3,(H,23,25). The number of fused-ring (bicyclic) bond motifs is 1. The van der Waals surface area contributed by atoms with Crippen LogP contribution in [0, 0.1) is 34.6 Å². The van der Waals surface area contributed by atoms with Gasteiger partial charge in [0.2, 0.25) is 5.91 Å². The predicted molar refractivity (Wildman–Crippen MR) is 111 cm³/mol. The number of carbonyl (C=O) groups is 1. The van der Waals surface area contributed by atoms with Crippen molar-refractivity contribution >= 4 is 34.3 Å². The van der Waals surface area contributed by atoms with Crippen LogP contribution in [0.4, 0.5) is 5.69 Å².